The molecule has 0 aromatic heterocycles. The van der Waals surface area contributed by atoms with Gasteiger partial charge in [0.2, 0.25) is 0 Å². The van der Waals surface area contributed by atoms with Crippen molar-refractivity contribution in [3.8, 4) is 11.5 Å². The van der Waals surface area contributed by atoms with Gasteiger partial charge in [0, 0.05) is 10.0 Å². The molecule has 3 heteroatoms. The molecule has 0 bridgehead atoms. The summed E-state index contributed by atoms with van der Waals surface area (Å²) in [6, 6.07) is 11.3. The van der Waals surface area contributed by atoms with Crippen LogP contribution in [0.25, 0.3) is 0 Å². The van der Waals surface area contributed by atoms with Crippen molar-refractivity contribution in [2.24, 2.45) is 0 Å². The third-order valence-electron chi connectivity index (χ3n) is 2.71. The average molecular weight is 305 g/mol. The van der Waals surface area contributed by atoms with Gasteiger partial charge in [0.05, 0.1) is 0 Å². The molecule has 0 fully saturated rings. The summed E-state index contributed by atoms with van der Waals surface area (Å²) in [6.07, 6.45) is 0.834. The molecule has 0 saturated carbocycles. The molecule has 0 radical (unpaired) electrons. The summed E-state index contributed by atoms with van der Waals surface area (Å²) < 4.78 is 6.85. The Kier molecular flexibility index (Phi) is 3.82. The highest BCUT2D eigenvalue weighted by molar-refractivity contribution is 9.10. The first-order chi connectivity index (χ1) is 8.60. The highest BCUT2D eigenvalue weighted by atomic mass is 79.9. The Morgan fingerprint density at radius 2 is 1.78 bits per heavy atom. The van der Waals surface area contributed by atoms with Crippen molar-refractivity contribution in [2.45, 2.75) is 13.8 Å². The van der Waals surface area contributed by atoms with Crippen LogP contribution in [-0.4, -0.2) is 6.29 Å². The number of halogens is 1. The Bertz CT molecular complexity index is 591. The maximum absolute atomic E-state index is 10.7. The molecular formula is C15H13BrO2. The zero-order valence-electron chi connectivity index (χ0n) is 10.2. The third-order valence-corrected chi connectivity index (χ3v) is 3.20. The van der Waals surface area contributed by atoms with Crippen LogP contribution in [0.15, 0.2) is 40.9 Å². The van der Waals surface area contributed by atoms with Crippen molar-refractivity contribution >= 4 is 22.2 Å². The quantitative estimate of drug-likeness (QED) is 0.770. The van der Waals surface area contributed by atoms with Gasteiger partial charge in [-0.05, 0) is 55.3 Å². The van der Waals surface area contributed by atoms with E-state index in [0.717, 1.165) is 33.4 Å². The standard InChI is InChI=1S/C15H13BrO2/c1-10-3-5-13(16)8-15(10)18-14-6-4-12(9-17)7-11(14)2/h3-9H,1-2H3. The van der Waals surface area contributed by atoms with Gasteiger partial charge in [0.25, 0.3) is 0 Å². The number of hydrogen-bond acceptors (Lipinski definition) is 2. The number of ether oxygens (including phenoxy) is 1. The van der Waals surface area contributed by atoms with Crippen molar-refractivity contribution in [3.63, 3.8) is 0 Å². The zero-order valence-corrected chi connectivity index (χ0v) is 11.8. The smallest absolute Gasteiger partial charge is 0.150 e. The minimum Gasteiger partial charge on any atom is -0.457 e. The molecule has 0 saturated heterocycles. The molecule has 0 spiro atoms. The number of aldehydes is 1. The van der Waals surface area contributed by atoms with Crippen molar-refractivity contribution in [1.29, 1.82) is 0 Å². The van der Waals surface area contributed by atoms with Gasteiger partial charge in [-0.1, -0.05) is 22.0 Å². The van der Waals surface area contributed by atoms with Crippen LogP contribution >= 0.6 is 15.9 Å². The van der Waals surface area contributed by atoms with Gasteiger partial charge in [-0.3, -0.25) is 4.79 Å². The molecule has 92 valence electrons. The number of hydrogen-bond donors (Lipinski definition) is 0. The molecule has 0 atom stereocenters. The average Bonchev–Trinajstić information content (AvgIpc) is 2.36. The lowest BCUT2D eigenvalue weighted by atomic mass is 10.1. The van der Waals surface area contributed by atoms with Gasteiger partial charge in [0.1, 0.15) is 17.8 Å². The molecule has 0 aliphatic heterocycles. The molecule has 2 aromatic carbocycles. The Morgan fingerprint density at radius 1 is 1.00 bits per heavy atom. The van der Waals surface area contributed by atoms with Crippen LogP contribution < -0.4 is 4.74 Å². The molecule has 2 aromatic rings. The molecule has 0 aliphatic carbocycles. The highest BCUT2D eigenvalue weighted by Gasteiger charge is 2.05. The molecule has 2 rings (SSSR count). The van der Waals surface area contributed by atoms with Crippen LogP contribution in [-0.2, 0) is 0 Å². The van der Waals surface area contributed by atoms with Crippen LogP contribution in [0.5, 0.6) is 11.5 Å². The Labute approximate surface area is 115 Å². The summed E-state index contributed by atoms with van der Waals surface area (Å²) in [4.78, 5) is 10.7. The van der Waals surface area contributed by atoms with Crippen LogP contribution in [0.4, 0.5) is 0 Å². The normalized spacial score (nSPS) is 10.2. The van der Waals surface area contributed by atoms with Gasteiger partial charge in [0.15, 0.2) is 0 Å². The summed E-state index contributed by atoms with van der Waals surface area (Å²) in [5, 5.41) is 0. The van der Waals surface area contributed by atoms with Crippen molar-refractivity contribution in [1.82, 2.24) is 0 Å². The van der Waals surface area contributed by atoms with E-state index in [1.54, 1.807) is 6.07 Å². The first kappa shape index (κ1) is 12.8. The molecule has 0 unspecified atom stereocenters. The van der Waals surface area contributed by atoms with E-state index in [9.17, 15) is 4.79 Å². The van der Waals surface area contributed by atoms with E-state index in [1.807, 2.05) is 44.2 Å². The molecular weight excluding hydrogens is 292 g/mol. The predicted octanol–water partition coefficient (Wildman–Crippen LogP) is 4.67. The number of aryl methyl sites for hydroxylation is 2. The Balaban J connectivity index is 2.34. The first-order valence-electron chi connectivity index (χ1n) is 5.60. The van der Waals surface area contributed by atoms with Gasteiger partial charge in [-0.25, -0.2) is 0 Å². The van der Waals surface area contributed by atoms with E-state index in [1.165, 1.54) is 0 Å². The van der Waals surface area contributed by atoms with Gasteiger partial charge in [-0.2, -0.15) is 0 Å². The summed E-state index contributed by atoms with van der Waals surface area (Å²) in [7, 11) is 0. The van der Waals surface area contributed by atoms with E-state index in [0.29, 0.717) is 5.56 Å². The van der Waals surface area contributed by atoms with Gasteiger partial charge in [-0.15, -0.1) is 0 Å². The fourth-order valence-corrected chi connectivity index (χ4v) is 2.00. The first-order valence-corrected chi connectivity index (χ1v) is 6.39. The third kappa shape index (κ3) is 2.79. The van der Waals surface area contributed by atoms with E-state index in [2.05, 4.69) is 15.9 Å². The number of carbonyl (C=O) groups excluding carboxylic acids is 1. The van der Waals surface area contributed by atoms with Gasteiger partial charge < -0.3 is 4.74 Å². The molecule has 18 heavy (non-hydrogen) atoms. The van der Waals surface area contributed by atoms with E-state index in [4.69, 9.17) is 4.74 Å². The lowest BCUT2D eigenvalue weighted by Crippen LogP contribution is -1.91. The number of benzene rings is 2. The number of carbonyl (C=O) groups is 1. The second-order valence-electron chi connectivity index (χ2n) is 4.15. The molecule has 2 nitrogen and oxygen atoms in total. The van der Waals surface area contributed by atoms with Crippen molar-refractivity contribution < 1.29 is 9.53 Å². The highest BCUT2D eigenvalue weighted by Crippen LogP contribution is 2.30. The zero-order chi connectivity index (χ0) is 13.1. The molecule has 0 aliphatic rings. The predicted molar refractivity (Wildman–Crippen MR) is 75.5 cm³/mol. The summed E-state index contributed by atoms with van der Waals surface area (Å²) >= 11 is 3.42. The van der Waals surface area contributed by atoms with E-state index >= 15 is 0 Å². The van der Waals surface area contributed by atoms with Crippen LogP contribution in [0, 0.1) is 13.8 Å². The Hall–Kier alpha value is -1.61. The largest absolute Gasteiger partial charge is 0.457 e. The maximum Gasteiger partial charge on any atom is 0.150 e. The van der Waals surface area contributed by atoms with Crippen LogP contribution in [0.2, 0.25) is 0 Å². The summed E-state index contributed by atoms with van der Waals surface area (Å²) in [6.45, 7) is 3.92. The molecule has 0 heterocycles. The van der Waals surface area contributed by atoms with Crippen LogP contribution in [0.3, 0.4) is 0 Å². The monoisotopic (exact) mass is 304 g/mol. The van der Waals surface area contributed by atoms with E-state index in [-0.39, 0.29) is 0 Å². The fourth-order valence-electron chi connectivity index (χ4n) is 1.66. The molecule has 0 amide bonds. The topological polar surface area (TPSA) is 26.3 Å². The molecule has 0 N–H and O–H groups in total. The summed E-state index contributed by atoms with van der Waals surface area (Å²) in [5.41, 5.74) is 2.67. The lowest BCUT2D eigenvalue weighted by Gasteiger charge is -2.11. The van der Waals surface area contributed by atoms with Gasteiger partial charge >= 0.3 is 0 Å². The second kappa shape index (κ2) is 5.36. The fraction of sp³-hybridized carbons (Fsp3) is 0.133. The minimum absolute atomic E-state index is 0.658. The second-order valence-corrected chi connectivity index (χ2v) is 5.07. The maximum atomic E-state index is 10.7. The lowest BCUT2D eigenvalue weighted by molar-refractivity contribution is 0.112. The van der Waals surface area contributed by atoms with Crippen LogP contribution in [0.1, 0.15) is 21.5 Å². The number of rotatable bonds is 3. The summed E-state index contributed by atoms with van der Waals surface area (Å²) in [5.74, 6) is 1.58. The SMILES string of the molecule is Cc1cc(C=O)ccc1Oc1cc(Br)ccc1C. The van der Waals surface area contributed by atoms with Crippen molar-refractivity contribution in [3.05, 3.63) is 57.6 Å². The van der Waals surface area contributed by atoms with Crippen molar-refractivity contribution in [2.75, 3.05) is 0 Å². The minimum atomic E-state index is 0.658. The van der Waals surface area contributed by atoms with E-state index < -0.39 is 0 Å². The Morgan fingerprint density at radius 3 is 2.44 bits per heavy atom.